The van der Waals surface area contributed by atoms with Gasteiger partial charge in [-0.3, -0.25) is 4.79 Å². The molecule has 3 nitrogen and oxygen atoms in total. The summed E-state index contributed by atoms with van der Waals surface area (Å²) in [5, 5.41) is 0.642. The molecule has 22 heavy (non-hydrogen) atoms. The number of esters is 1. The van der Waals surface area contributed by atoms with Gasteiger partial charge < -0.3 is 4.74 Å². The zero-order valence-corrected chi connectivity index (χ0v) is 13.0. The van der Waals surface area contributed by atoms with Crippen LogP contribution in [0.5, 0.6) is 0 Å². The number of hydrogen-bond donors (Lipinski definition) is 0. The van der Waals surface area contributed by atoms with E-state index >= 15 is 0 Å². The van der Waals surface area contributed by atoms with Crippen molar-refractivity contribution >= 4 is 41.0 Å². The molecule has 2 aromatic rings. The van der Waals surface area contributed by atoms with E-state index in [-0.39, 0.29) is 17.4 Å². The van der Waals surface area contributed by atoms with Gasteiger partial charge in [0.2, 0.25) is 0 Å². The molecule has 0 bridgehead atoms. The van der Waals surface area contributed by atoms with E-state index < -0.39 is 5.97 Å². The second-order valence-electron chi connectivity index (χ2n) is 4.40. The molecule has 0 saturated heterocycles. The van der Waals surface area contributed by atoms with Crippen molar-refractivity contribution in [3.05, 3.63) is 75.8 Å². The molecule has 0 aliphatic heterocycles. The van der Waals surface area contributed by atoms with Crippen molar-refractivity contribution in [2.75, 3.05) is 6.61 Å². The average Bonchev–Trinajstić information content (AvgIpc) is 2.54. The van der Waals surface area contributed by atoms with Crippen molar-refractivity contribution in [2.45, 2.75) is 0 Å². The first-order chi connectivity index (χ1) is 10.6. The lowest BCUT2D eigenvalue weighted by molar-refractivity contribution is -0.136. The van der Waals surface area contributed by atoms with E-state index in [4.69, 9.17) is 27.9 Å². The molecule has 5 heteroatoms. The number of ketones is 1. The number of rotatable bonds is 5. The molecule has 0 unspecified atom stereocenters. The number of Topliss-reactive ketones (excluding diaryl/α,β-unsaturated/α-hetero) is 1. The average molecular weight is 335 g/mol. The number of carbonyl (C=O) groups is 2. The van der Waals surface area contributed by atoms with E-state index in [1.165, 1.54) is 24.3 Å². The van der Waals surface area contributed by atoms with Crippen LogP contribution in [0, 0.1) is 0 Å². The Morgan fingerprint density at radius 3 is 2.41 bits per heavy atom. The summed E-state index contributed by atoms with van der Waals surface area (Å²) in [6.07, 6.45) is 2.89. The molecule has 0 aliphatic rings. The van der Waals surface area contributed by atoms with Crippen LogP contribution in [0.2, 0.25) is 10.0 Å². The van der Waals surface area contributed by atoms with Crippen LogP contribution < -0.4 is 0 Å². The van der Waals surface area contributed by atoms with Crippen LogP contribution in [0.15, 0.2) is 54.6 Å². The van der Waals surface area contributed by atoms with Crippen molar-refractivity contribution < 1.29 is 14.3 Å². The molecule has 0 saturated carbocycles. The molecule has 0 amide bonds. The Hall–Kier alpha value is -2.10. The maximum Gasteiger partial charge on any atom is 0.331 e. The van der Waals surface area contributed by atoms with E-state index in [1.54, 1.807) is 6.08 Å². The molecule has 0 spiro atoms. The van der Waals surface area contributed by atoms with Gasteiger partial charge in [0.05, 0.1) is 10.0 Å². The molecule has 2 rings (SSSR count). The molecule has 0 heterocycles. The third-order valence-electron chi connectivity index (χ3n) is 2.80. The fourth-order valence-corrected chi connectivity index (χ4v) is 1.96. The second-order valence-corrected chi connectivity index (χ2v) is 5.22. The topological polar surface area (TPSA) is 43.4 Å². The summed E-state index contributed by atoms with van der Waals surface area (Å²) >= 11 is 11.6. The van der Waals surface area contributed by atoms with Gasteiger partial charge in [0.1, 0.15) is 0 Å². The molecule has 112 valence electrons. The number of hydrogen-bond acceptors (Lipinski definition) is 3. The minimum Gasteiger partial charge on any atom is -0.454 e. The highest BCUT2D eigenvalue weighted by atomic mass is 35.5. The van der Waals surface area contributed by atoms with Crippen LogP contribution in [0.4, 0.5) is 0 Å². The smallest absolute Gasteiger partial charge is 0.331 e. The number of ether oxygens (including phenoxy) is 1. The maximum absolute atomic E-state index is 11.9. The van der Waals surface area contributed by atoms with Crippen molar-refractivity contribution in [2.24, 2.45) is 0 Å². The van der Waals surface area contributed by atoms with Crippen molar-refractivity contribution in [3.63, 3.8) is 0 Å². The summed E-state index contributed by atoms with van der Waals surface area (Å²) in [4.78, 5) is 23.4. The van der Waals surface area contributed by atoms with Gasteiger partial charge in [-0.1, -0.05) is 53.5 Å². The standard InChI is InChI=1S/C17H12Cl2O3/c18-14-8-7-13(10-15(14)19)16(20)11-22-17(21)9-6-12-4-2-1-3-5-12/h1-10H,11H2/b9-6+. The Bertz CT molecular complexity index is 709. The monoisotopic (exact) mass is 334 g/mol. The highest BCUT2D eigenvalue weighted by Crippen LogP contribution is 2.22. The summed E-state index contributed by atoms with van der Waals surface area (Å²) in [5.41, 5.74) is 1.21. The van der Waals surface area contributed by atoms with Gasteiger partial charge in [0, 0.05) is 11.6 Å². The zero-order chi connectivity index (χ0) is 15.9. The third-order valence-corrected chi connectivity index (χ3v) is 3.54. The fraction of sp³-hybridized carbons (Fsp3) is 0.0588. The third kappa shape index (κ3) is 4.72. The normalized spacial score (nSPS) is 10.6. The second kappa shape index (κ2) is 7.78. The summed E-state index contributed by atoms with van der Waals surface area (Å²) in [6.45, 7) is -0.351. The lowest BCUT2D eigenvalue weighted by Gasteiger charge is -2.03. The van der Waals surface area contributed by atoms with Gasteiger partial charge in [0.15, 0.2) is 12.4 Å². The van der Waals surface area contributed by atoms with E-state index in [1.807, 2.05) is 30.3 Å². The zero-order valence-electron chi connectivity index (χ0n) is 11.5. The minimum atomic E-state index is -0.586. The first-order valence-electron chi connectivity index (χ1n) is 6.44. The first kappa shape index (κ1) is 16.3. The fourth-order valence-electron chi connectivity index (χ4n) is 1.67. The lowest BCUT2D eigenvalue weighted by Crippen LogP contribution is -2.12. The van der Waals surface area contributed by atoms with Gasteiger partial charge >= 0.3 is 5.97 Å². The van der Waals surface area contributed by atoms with Crippen molar-refractivity contribution in [1.29, 1.82) is 0 Å². The minimum absolute atomic E-state index is 0.280. The highest BCUT2D eigenvalue weighted by Gasteiger charge is 2.10. The highest BCUT2D eigenvalue weighted by molar-refractivity contribution is 6.42. The summed E-state index contributed by atoms with van der Waals surface area (Å²) in [6, 6.07) is 13.8. The van der Waals surface area contributed by atoms with Gasteiger partial charge in [-0.2, -0.15) is 0 Å². The largest absolute Gasteiger partial charge is 0.454 e. The van der Waals surface area contributed by atoms with E-state index in [0.717, 1.165) is 5.56 Å². The van der Waals surface area contributed by atoms with E-state index in [9.17, 15) is 9.59 Å². The first-order valence-corrected chi connectivity index (χ1v) is 7.20. The number of carbonyl (C=O) groups excluding carboxylic acids is 2. The Labute approximate surface area is 138 Å². The molecule has 0 N–H and O–H groups in total. The summed E-state index contributed by atoms with van der Waals surface area (Å²) < 4.78 is 4.90. The van der Waals surface area contributed by atoms with Gasteiger partial charge in [-0.15, -0.1) is 0 Å². The quantitative estimate of drug-likeness (QED) is 0.461. The molecular weight excluding hydrogens is 323 g/mol. The number of benzene rings is 2. The summed E-state index contributed by atoms with van der Waals surface area (Å²) in [7, 11) is 0. The van der Waals surface area contributed by atoms with Crippen LogP contribution in [0.1, 0.15) is 15.9 Å². The Kier molecular flexibility index (Phi) is 5.75. The van der Waals surface area contributed by atoms with Crippen LogP contribution >= 0.6 is 23.2 Å². The Morgan fingerprint density at radius 2 is 1.73 bits per heavy atom. The predicted molar refractivity (Wildman–Crippen MR) is 87.2 cm³/mol. The molecular formula is C17H12Cl2O3. The Balaban J connectivity index is 1.89. The number of halogens is 2. The van der Waals surface area contributed by atoms with Crippen LogP contribution in [0.3, 0.4) is 0 Å². The van der Waals surface area contributed by atoms with Crippen molar-refractivity contribution in [3.8, 4) is 0 Å². The summed E-state index contributed by atoms with van der Waals surface area (Å²) in [5.74, 6) is -0.933. The van der Waals surface area contributed by atoms with E-state index in [2.05, 4.69) is 0 Å². The molecule has 0 atom stereocenters. The molecule has 0 aromatic heterocycles. The lowest BCUT2D eigenvalue weighted by atomic mass is 10.1. The van der Waals surface area contributed by atoms with Crippen molar-refractivity contribution in [1.82, 2.24) is 0 Å². The van der Waals surface area contributed by atoms with Crippen LogP contribution in [-0.2, 0) is 9.53 Å². The molecule has 0 fully saturated rings. The van der Waals surface area contributed by atoms with Crippen LogP contribution in [-0.4, -0.2) is 18.4 Å². The van der Waals surface area contributed by atoms with Gasteiger partial charge in [-0.25, -0.2) is 4.79 Å². The molecule has 0 radical (unpaired) electrons. The van der Waals surface area contributed by atoms with Crippen LogP contribution in [0.25, 0.3) is 6.08 Å². The Morgan fingerprint density at radius 1 is 1.00 bits per heavy atom. The maximum atomic E-state index is 11.9. The van der Waals surface area contributed by atoms with E-state index in [0.29, 0.717) is 10.6 Å². The SMILES string of the molecule is O=C(/C=C/c1ccccc1)OCC(=O)c1ccc(Cl)c(Cl)c1. The molecule has 0 aliphatic carbocycles. The molecule has 2 aromatic carbocycles. The predicted octanol–water partition coefficient (Wildman–Crippen LogP) is 4.43. The van der Waals surface area contributed by atoms with Gasteiger partial charge in [-0.05, 0) is 29.8 Å². The van der Waals surface area contributed by atoms with Gasteiger partial charge in [0.25, 0.3) is 0 Å².